The van der Waals surface area contributed by atoms with Crippen LogP contribution in [-0.4, -0.2) is 0 Å². The predicted octanol–water partition coefficient (Wildman–Crippen LogP) is 5.94. The Morgan fingerprint density at radius 1 is 1.14 bits per heavy atom. The minimum absolute atomic E-state index is 0.0592. The van der Waals surface area contributed by atoms with E-state index in [0.29, 0.717) is 5.56 Å². The van der Waals surface area contributed by atoms with E-state index >= 15 is 0 Å². The van der Waals surface area contributed by atoms with Gasteiger partial charge >= 0.3 is 6.18 Å². The Hall–Kier alpha value is -0.850. The molecule has 0 radical (unpaired) electrons. The lowest BCUT2D eigenvalue weighted by Gasteiger charge is -2.21. The van der Waals surface area contributed by atoms with Gasteiger partial charge < -0.3 is 5.32 Å². The fourth-order valence-electron chi connectivity index (χ4n) is 2.15. The predicted molar refractivity (Wildman–Crippen MR) is 83.4 cm³/mol. The van der Waals surface area contributed by atoms with Gasteiger partial charge in [0.1, 0.15) is 0 Å². The first kappa shape index (κ1) is 16.5. The fourth-order valence-corrected chi connectivity index (χ4v) is 3.88. The zero-order valence-corrected chi connectivity index (χ0v) is 13.9. The Morgan fingerprint density at radius 2 is 1.86 bits per heavy atom. The van der Waals surface area contributed by atoms with Crippen LogP contribution in [0.2, 0.25) is 0 Å². The summed E-state index contributed by atoms with van der Waals surface area (Å²) in [6, 6.07) is 7.31. The molecule has 21 heavy (non-hydrogen) atoms. The van der Waals surface area contributed by atoms with Gasteiger partial charge in [-0.1, -0.05) is 12.1 Å². The van der Waals surface area contributed by atoms with Crippen molar-refractivity contribution in [1.82, 2.24) is 5.32 Å². The van der Waals surface area contributed by atoms with Crippen LogP contribution in [0.3, 0.4) is 0 Å². The number of hydrogen-bond acceptors (Lipinski definition) is 2. The third-order valence-corrected chi connectivity index (χ3v) is 5.31. The second-order valence-corrected chi connectivity index (χ2v) is 6.67. The maximum Gasteiger partial charge on any atom is 0.416 e. The molecule has 2 unspecified atom stereocenters. The number of hydrogen-bond donors (Lipinski definition) is 1. The van der Waals surface area contributed by atoms with Crippen LogP contribution in [0.15, 0.2) is 40.2 Å². The number of benzene rings is 1. The lowest BCUT2D eigenvalue weighted by molar-refractivity contribution is -0.137. The first-order valence-corrected chi connectivity index (χ1v) is 8.12. The SMILES string of the molecule is CC(NC(C)c1sccc1Br)c1cccc(C(F)(F)F)c1. The summed E-state index contributed by atoms with van der Waals surface area (Å²) in [5, 5.41) is 5.31. The molecule has 0 saturated heterocycles. The molecule has 0 fully saturated rings. The van der Waals surface area contributed by atoms with Crippen LogP contribution in [-0.2, 0) is 6.18 Å². The highest BCUT2D eigenvalue weighted by Crippen LogP contribution is 2.33. The van der Waals surface area contributed by atoms with Crippen molar-refractivity contribution in [2.75, 3.05) is 0 Å². The van der Waals surface area contributed by atoms with Crippen molar-refractivity contribution < 1.29 is 13.2 Å². The normalized spacial score (nSPS) is 15.0. The van der Waals surface area contributed by atoms with Crippen LogP contribution in [0.5, 0.6) is 0 Å². The number of halogens is 4. The molecule has 2 rings (SSSR count). The lowest BCUT2D eigenvalue weighted by Crippen LogP contribution is -2.22. The van der Waals surface area contributed by atoms with Crippen molar-refractivity contribution in [1.29, 1.82) is 0 Å². The maximum absolute atomic E-state index is 12.7. The Kier molecular flexibility index (Phi) is 5.11. The van der Waals surface area contributed by atoms with E-state index in [9.17, 15) is 13.2 Å². The summed E-state index contributed by atoms with van der Waals surface area (Å²) < 4.78 is 39.3. The quantitative estimate of drug-likeness (QED) is 0.694. The topological polar surface area (TPSA) is 12.0 Å². The zero-order valence-electron chi connectivity index (χ0n) is 11.5. The van der Waals surface area contributed by atoms with E-state index in [2.05, 4.69) is 21.2 Å². The Labute approximate surface area is 134 Å². The third kappa shape index (κ3) is 4.08. The zero-order chi connectivity index (χ0) is 15.6. The number of nitrogens with one attached hydrogen (secondary N) is 1. The number of thiophene rings is 1. The van der Waals surface area contributed by atoms with Crippen LogP contribution in [0.1, 0.15) is 41.9 Å². The van der Waals surface area contributed by atoms with Gasteiger partial charge in [0.2, 0.25) is 0 Å². The van der Waals surface area contributed by atoms with E-state index < -0.39 is 11.7 Å². The Bertz CT molecular complexity index is 609. The Balaban J connectivity index is 2.14. The summed E-state index contributed by atoms with van der Waals surface area (Å²) in [6.07, 6.45) is -4.31. The molecule has 1 aromatic carbocycles. The molecule has 114 valence electrons. The second-order valence-electron chi connectivity index (χ2n) is 4.87. The molecular weight excluding hydrogens is 363 g/mol. The highest BCUT2D eigenvalue weighted by atomic mass is 79.9. The average Bonchev–Trinajstić information content (AvgIpc) is 2.84. The van der Waals surface area contributed by atoms with Crippen molar-refractivity contribution in [2.45, 2.75) is 32.1 Å². The van der Waals surface area contributed by atoms with Crippen LogP contribution in [0.4, 0.5) is 13.2 Å². The molecule has 1 N–H and O–H groups in total. The van der Waals surface area contributed by atoms with E-state index in [1.54, 1.807) is 17.4 Å². The smallest absolute Gasteiger partial charge is 0.303 e. The molecule has 2 atom stereocenters. The van der Waals surface area contributed by atoms with Crippen LogP contribution in [0.25, 0.3) is 0 Å². The standard InChI is InChI=1S/C15H15BrF3NS/c1-9(20-10(2)14-13(16)6-7-21-14)11-4-3-5-12(8-11)15(17,18)19/h3-10,20H,1-2H3. The summed E-state index contributed by atoms with van der Waals surface area (Å²) in [7, 11) is 0. The van der Waals surface area contributed by atoms with Gasteiger partial charge in [0.25, 0.3) is 0 Å². The molecular formula is C15H15BrF3NS. The lowest BCUT2D eigenvalue weighted by atomic mass is 10.0. The molecule has 0 aliphatic rings. The molecule has 0 spiro atoms. The monoisotopic (exact) mass is 377 g/mol. The van der Waals surface area contributed by atoms with Gasteiger partial charge in [-0.05, 0) is 58.9 Å². The van der Waals surface area contributed by atoms with E-state index in [0.717, 1.165) is 15.4 Å². The molecule has 0 aliphatic carbocycles. The second kappa shape index (κ2) is 6.50. The van der Waals surface area contributed by atoms with Crippen molar-refractivity contribution in [3.05, 3.63) is 56.2 Å². The fraction of sp³-hybridized carbons (Fsp3) is 0.333. The van der Waals surface area contributed by atoms with E-state index in [4.69, 9.17) is 0 Å². The third-order valence-electron chi connectivity index (χ3n) is 3.25. The molecule has 1 nitrogen and oxygen atoms in total. The van der Waals surface area contributed by atoms with E-state index in [1.165, 1.54) is 12.1 Å². The van der Waals surface area contributed by atoms with Gasteiger partial charge in [0.05, 0.1) is 5.56 Å². The van der Waals surface area contributed by atoms with Gasteiger partial charge in [-0.3, -0.25) is 0 Å². The molecule has 1 aromatic heterocycles. The van der Waals surface area contributed by atoms with Gasteiger partial charge in [-0.25, -0.2) is 0 Å². The molecule has 0 saturated carbocycles. The molecule has 0 aliphatic heterocycles. The van der Waals surface area contributed by atoms with E-state index in [1.807, 2.05) is 25.3 Å². The Morgan fingerprint density at radius 3 is 2.43 bits per heavy atom. The number of alkyl halides is 3. The summed E-state index contributed by atoms with van der Waals surface area (Å²) in [4.78, 5) is 1.13. The van der Waals surface area contributed by atoms with Gasteiger partial charge in [0, 0.05) is 21.4 Å². The van der Waals surface area contributed by atoms with Crippen LogP contribution < -0.4 is 5.32 Å². The largest absolute Gasteiger partial charge is 0.416 e. The van der Waals surface area contributed by atoms with Crippen LogP contribution in [0, 0.1) is 0 Å². The molecule has 0 bridgehead atoms. The summed E-state index contributed by atoms with van der Waals surface area (Å²) in [5.41, 5.74) is 0.0166. The molecule has 6 heteroatoms. The van der Waals surface area contributed by atoms with Crippen molar-refractivity contribution in [3.63, 3.8) is 0 Å². The van der Waals surface area contributed by atoms with Crippen molar-refractivity contribution in [3.8, 4) is 0 Å². The first-order valence-electron chi connectivity index (χ1n) is 6.45. The minimum Gasteiger partial charge on any atom is -0.303 e. The number of rotatable bonds is 4. The maximum atomic E-state index is 12.7. The summed E-state index contributed by atoms with van der Waals surface area (Å²) in [5.74, 6) is 0. The van der Waals surface area contributed by atoms with Crippen LogP contribution >= 0.6 is 27.3 Å². The van der Waals surface area contributed by atoms with Crippen molar-refractivity contribution in [2.24, 2.45) is 0 Å². The molecule has 2 aromatic rings. The van der Waals surface area contributed by atoms with E-state index in [-0.39, 0.29) is 12.1 Å². The van der Waals surface area contributed by atoms with Gasteiger partial charge in [-0.2, -0.15) is 13.2 Å². The highest BCUT2D eigenvalue weighted by Gasteiger charge is 2.30. The summed E-state index contributed by atoms with van der Waals surface area (Å²) in [6.45, 7) is 3.87. The average molecular weight is 378 g/mol. The minimum atomic E-state index is -4.31. The highest BCUT2D eigenvalue weighted by molar-refractivity contribution is 9.10. The first-order chi connectivity index (χ1) is 9.79. The molecule has 1 heterocycles. The van der Waals surface area contributed by atoms with Gasteiger partial charge in [-0.15, -0.1) is 11.3 Å². The molecule has 0 amide bonds. The van der Waals surface area contributed by atoms with Crippen molar-refractivity contribution >= 4 is 27.3 Å². The summed E-state index contributed by atoms with van der Waals surface area (Å²) >= 11 is 5.09. The van der Waals surface area contributed by atoms with Gasteiger partial charge in [0.15, 0.2) is 0 Å².